The third kappa shape index (κ3) is 3.90. The molecule has 5 nitrogen and oxygen atoms in total. The van der Waals surface area contributed by atoms with Crippen LogP contribution in [-0.4, -0.2) is 31.9 Å². The number of carbonyl (C=O) groups is 1. The molecule has 2 aromatic rings. The van der Waals surface area contributed by atoms with Gasteiger partial charge in [0.25, 0.3) is 0 Å². The molecule has 154 valence electrons. The lowest BCUT2D eigenvalue weighted by atomic mass is 9.98. The Bertz CT molecular complexity index is 1010. The second-order valence-electron chi connectivity index (χ2n) is 8.13. The number of aryl methyl sites for hydroxylation is 1. The van der Waals surface area contributed by atoms with Crippen LogP contribution in [0.25, 0.3) is 11.1 Å². The molecule has 4 rings (SSSR count). The summed E-state index contributed by atoms with van der Waals surface area (Å²) in [5, 5.41) is 2.85. The maximum absolute atomic E-state index is 12.7. The van der Waals surface area contributed by atoms with E-state index in [4.69, 9.17) is 4.74 Å². The molecule has 0 saturated heterocycles. The van der Waals surface area contributed by atoms with E-state index >= 15 is 0 Å². The highest BCUT2D eigenvalue weighted by atomic mass is 32.2. The fraction of sp³-hybridized carbons (Fsp3) is 0.435. The monoisotopic (exact) mass is 413 g/mol. The lowest BCUT2D eigenvalue weighted by molar-refractivity contribution is -0.123. The number of rotatable bonds is 5. The van der Waals surface area contributed by atoms with Crippen molar-refractivity contribution in [2.24, 2.45) is 0 Å². The molecule has 1 aliphatic carbocycles. The highest BCUT2D eigenvalue weighted by Crippen LogP contribution is 2.37. The van der Waals surface area contributed by atoms with Crippen molar-refractivity contribution in [1.29, 1.82) is 0 Å². The molecule has 0 bridgehead atoms. The molecule has 2 aliphatic rings. The van der Waals surface area contributed by atoms with E-state index < -0.39 is 14.6 Å². The van der Waals surface area contributed by atoms with Gasteiger partial charge in [0.1, 0.15) is 10.5 Å². The fourth-order valence-electron chi connectivity index (χ4n) is 4.41. The number of amides is 1. The molecule has 6 heteroatoms. The van der Waals surface area contributed by atoms with Gasteiger partial charge in [-0.1, -0.05) is 43.2 Å². The zero-order valence-corrected chi connectivity index (χ0v) is 17.6. The van der Waals surface area contributed by atoms with Crippen molar-refractivity contribution < 1.29 is 17.9 Å². The number of fused-ring (bicyclic) bond motifs is 1. The Labute approximate surface area is 172 Å². The first-order valence-corrected chi connectivity index (χ1v) is 12.1. The summed E-state index contributed by atoms with van der Waals surface area (Å²) in [6, 6.07) is 14.3. The Hall–Kier alpha value is -2.34. The second-order valence-corrected chi connectivity index (χ2v) is 10.5. The first kappa shape index (κ1) is 20.0. The van der Waals surface area contributed by atoms with Gasteiger partial charge in [0.05, 0.1) is 6.61 Å². The molecule has 2 aromatic carbocycles. The third-order valence-electron chi connectivity index (χ3n) is 6.18. The molecular weight excluding hydrogens is 386 g/mol. The van der Waals surface area contributed by atoms with E-state index in [1.165, 1.54) is 11.8 Å². The standard InChI is InChI=1S/C23H27NO4S/c1-29(26,27)23(12-2-3-13-23)22(25)24-16-17-6-8-18(9-7-17)19-10-11-21-20(15-19)5-4-14-28-21/h6-11,15H,2-5,12-14,16H2,1H3,(H,24,25). The van der Waals surface area contributed by atoms with Gasteiger partial charge in [-0.3, -0.25) is 4.79 Å². The van der Waals surface area contributed by atoms with E-state index in [0.29, 0.717) is 19.4 Å². The van der Waals surface area contributed by atoms with Crippen molar-refractivity contribution in [3.63, 3.8) is 0 Å². The molecule has 0 unspecified atom stereocenters. The topological polar surface area (TPSA) is 72.5 Å². The number of benzene rings is 2. The van der Waals surface area contributed by atoms with Crippen molar-refractivity contribution in [3.8, 4) is 16.9 Å². The normalized spacial score (nSPS) is 18.0. The zero-order chi connectivity index (χ0) is 20.5. The highest BCUT2D eigenvalue weighted by Gasteiger charge is 2.49. The zero-order valence-electron chi connectivity index (χ0n) is 16.7. The molecule has 1 heterocycles. The summed E-state index contributed by atoms with van der Waals surface area (Å²) >= 11 is 0. The SMILES string of the molecule is CS(=O)(=O)C1(C(=O)NCc2ccc(-c3ccc4c(c3)CCCO4)cc2)CCCC1. The van der Waals surface area contributed by atoms with Crippen LogP contribution in [0.15, 0.2) is 42.5 Å². The summed E-state index contributed by atoms with van der Waals surface area (Å²) in [6.45, 7) is 1.11. The maximum Gasteiger partial charge on any atom is 0.241 e. The Morgan fingerprint density at radius 1 is 1.03 bits per heavy atom. The smallest absolute Gasteiger partial charge is 0.241 e. The molecule has 1 saturated carbocycles. The van der Waals surface area contributed by atoms with E-state index in [-0.39, 0.29) is 5.91 Å². The lowest BCUT2D eigenvalue weighted by Gasteiger charge is -2.25. The van der Waals surface area contributed by atoms with E-state index in [1.807, 2.05) is 30.3 Å². The van der Waals surface area contributed by atoms with Crippen molar-refractivity contribution in [2.45, 2.75) is 49.8 Å². The molecule has 0 spiro atoms. The van der Waals surface area contributed by atoms with E-state index in [0.717, 1.165) is 54.7 Å². The molecule has 0 atom stereocenters. The molecule has 29 heavy (non-hydrogen) atoms. The molecule has 0 radical (unpaired) electrons. The Morgan fingerprint density at radius 2 is 1.72 bits per heavy atom. The summed E-state index contributed by atoms with van der Waals surface area (Å²) in [6.07, 6.45) is 5.65. The van der Waals surface area contributed by atoms with Gasteiger partial charge in [0, 0.05) is 12.8 Å². The first-order chi connectivity index (χ1) is 13.9. The number of ether oxygens (including phenoxy) is 1. The van der Waals surface area contributed by atoms with Crippen LogP contribution in [-0.2, 0) is 27.6 Å². The minimum atomic E-state index is -3.44. The Balaban J connectivity index is 1.44. The highest BCUT2D eigenvalue weighted by molar-refractivity contribution is 7.92. The predicted octanol–water partition coefficient (Wildman–Crippen LogP) is 3.65. The van der Waals surface area contributed by atoms with Crippen molar-refractivity contribution in [1.82, 2.24) is 5.32 Å². The van der Waals surface area contributed by atoms with Gasteiger partial charge in [-0.15, -0.1) is 0 Å². The number of hydrogen-bond acceptors (Lipinski definition) is 4. The van der Waals surface area contributed by atoms with E-state index in [9.17, 15) is 13.2 Å². The average Bonchev–Trinajstić information content (AvgIpc) is 3.24. The van der Waals surface area contributed by atoms with Crippen LogP contribution < -0.4 is 10.1 Å². The number of hydrogen-bond donors (Lipinski definition) is 1. The number of nitrogens with one attached hydrogen (secondary N) is 1. The minimum absolute atomic E-state index is 0.328. The maximum atomic E-state index is 12.7. The molecule has 1 aliphatic heterocycles. The molecule has 1 fully saturated rings. The fourth-order valence-corrected chi connectivity index (χ4v) is 5.85. The lowest BCUT2D eigenvalue weighted by Crippen LogP contribution is -2.49. The molecular formula is C23H27NO4S. The summed E-state index contributed by atoms with van der Waals surface area (Å²) in [5.74, 6) is 0.613. The van der Waals surface area contributed by atoms with Crippen molar-refractivity contribution in [2.75, 3.05) is 12.9 Å². The quantitative estimate of drug-likeness (QED) is 0.812. The predicted molar refractivity (Wildman–Crippen MR) is 114 cm³/mol. The van der Waals surface area contributed by atoms with Gasteiger partial charge in [0.2, 0.25) is 5.91 Å². The van der Waals surface area contributed by atoms with Gasteiger partial charge in [-0.05, 0) is 60.1 Å². The third-order valence-corrected chi connectivity index (χ3v) is 8.20. The minimum Gasteiger partial charge on any atom is -0.493 e. The number of carbonyl (C=O) groups excluding carboxylic acids is 1. The van der Waals surface area contributed by atoms with Crippen LogP contribution in [0.3, 0.4) is 0 Å². The van der Waals surface area contributed by atoms with E-state index in [1.54, 1.807) is 0 Å². The molecule has 1 N–H and O–H groups in total. The molecule has 1 amide bonds. The Morgan fingerprint density at radius 3 is 2.41 bits per heavy atom. The van der Waals surface area contributed by atoms with Crippen LogP contribution in [0.1, 0.15) is 43.2 Å². The van der Waals surface area contributed by atoms with Crippen LogP contribution in [0.4, 0.5) is 0 Å². The van der Waals surface area contributed by atoms with Crippen molar-refractivity contribution >= 4 is 15.7 Å². The summed E-state index contributed by atoms with van der Waals surface area (Å²) < 4.78 is 28.9. The van der Waals surface area contributed by atoms with Gasteiger partial charge < -0.3 is 10.1 Å². The largest absolute Gasteiger partial charge is 0.493 e. The number of sulfone groups is 1. The van der Waals surface area contributed by atoms with Crippen molar-refractivity contribution in [3.05, 3.63) is 53.6 Å². The van der Waals surface area contributed by atoms with Crippen LogP contribution in [0.2, 0.25) is 0 Å². The van der Waals surface area contributed by atoms with Crippen LogP contribution in [0.5, 0.6) is 5.75 Å². The first-order valence-electron chi connectivity index (χ1n) is 10.2. The average molecular weight is 414 g/mol. The van der Waals surface area contributed by atoms with Crippen LogP contribution in [0, 0.1) is 0 Å². The summed E-state index contributed by atoms with van der Waals surface area (Å²) in [5.41, 5.74) is 4.45. The Kier molecular flexibility index (Phi) is 5.38. The second kappa shape index (κ2) is 7.82. The summed E-state index contributed by atoms with van der Waals surface area (Å²) in [7, 11) is -3.44. The van der Waals surface area contributed by atoms with E-state index in [2.05, 4.69) is 17.4 Å². The van der Waals surface area contributed by atoms with Gasteiger partial charge in [0.15, 0.2) is 9.84 Å². The van der Waals surface area contributed by atoms with Gasteiger partial charge in [-0.2, -0.15) is 0 Å². The van der Waals surface area contributed by atoms with Gasteiger partial charge >= 0.3 is 0 Å². The summed E-state index contributed by atoms with van der Waals surface area (Å²) in [4.78, 5) is 12.7. The van der Waals surface area contributed by atoms with Gasteiger partial charge in [-0.25, -0.2) is 8.42 Å². The van der Waals surface area contributed by atoms with Crippen LogP contribution >= 0.6 is 0 Å². The molecule has 0 aromatic heterocycles.